The molecule has 0 fully saturated rings. The van der Waals surface area contributed by atoms with E-state index in [2.05, 4.69) is 32.0 Å². The van der Waals surface area contributed by atoms with Gasteiger partial charge in [-0.05, 0) is 31.4 Å². The Labute approximate surface area is 84.4 Å². The number of benzene rings is 1. The summed E-state index contributed by atoms with van der Waals surface area (Å²) in [6, 6.07) is 6.25. The van der Waals surface area contributed by atoms with Gasteiger partial charge in [0.15, 0.2) is 0 Å². The summed E-state index contributed by atoms with van der Waals surface area (Å²) in [4.78, 5) is 0. The zero-order valence-electron chi connectivity index (χ0n) is 8.05. The highest BCUT2D eigenvalue weighted by atomic mass is 35.5. The standard InChI is InChI=1S/C11H15ClO/c1-8-3-4-9(2)10(5-8)6-11(13)7-12/h3-5,11,13H,6-7H2,1-2H3. The number of hydrogen-bond donors (Lipinski definition) is 1. The van der Waals surface area contributed by atoms with E-state index >= 15 is 0 Å². The Bertz CT molecular complexity index is 283. The molecule has 1 unspecified atom stereocenters. The van der Waals surface area contributed by atoms with Crippen molar-refractivity contribution in [2.24, 2.45) is 0 Å². The van der Waals surface area contributed by atoms with Crippen molar-refractivity contribution in [3.63, 3.8) is 0 Å². The van der Waals surface area contributed by atoms with Gasteiger partial charge in [0.2, 0.25) is 0 Å². The summed E-state index contributed by atoms with van der Waals surface area (Å²) in [5.41, 5.74) is 3.63. The average molecular weight is 199 g/mol. The molecule has 2 heteroatoms. The maximum atomic E-state index is 9.39. The Morgan fingerprint density at radius 1 is 1.38 bits per heavy atom. The molecule has 1 rings (SSSR count). The van der Waals surface area contributed by atoms with E-state index in [4.69, 9.17) is 11.6 Å². The molecule has 1 N–H and O–H groups in total. The average Bonchev–Trinajstić information content (AvgIpc) is 2.11. The zero-order chi connectivity index (χ0) is 9.84. The van der Waals surface area contributed by atoms with Gasteiger partial charge in [-0.1, -0.05) is 23.8 Å². The Hall–Kier alpha value is -0.530. The molecule has 0 radical (unpaired) electrons. The van der Waals surface area contributed by atoms with Gasteiger partial charge in [-0.15, -0.1) is 11.6 Å². The molecule has 1 atom stereocenters. The highest BCUT2D eigenvalue weighted by Crippen LogP contribution is 2.13. The van der Waals surface area contributed by atoms with Crippen molar-refractivity contribution in [2.75, 3.05) is 5.88 Å². The molecule has 1 aromatic rings. The minimum atomic E-state index is -0.429. The van der Waals surface area contributed by atoms with Crippen LogP contribution in [0.15, 0.2) is 18.2 Å². The molecule has 0 heterocycles. The third kappa shape index (κ3) is 3.02. The normalized spacial score (nSPS) is 12.9. The predicted molar refractivity (Wildman–Crippen MR) is 56.3 cm³/mol. The number of halogens is 1. The molecule has 72 valence electrons. The molecule has 0 bridgehead atoms. The smallest absolute Gasteiger partial charge is 0.0715 e. The van der Waals surface area contributed by atoms with E-state index in [0.717, 1.165) is 0 Å². The molecule has 0 amide bonds. The first kappa shape index (κ1) is 10.6. The summed E-state index contributed by atoms with van der Waals surface area (Å²) in [6.07, 6.45) is 0.221. The van der Waals surface area contributed by atoms with Crippen LogP contribution in [0.5, 0.6) is 0 Å². The molecule has 0 saturated heterocycles. The molecule has 0 aliphatic carbocycles. The van der Waals surface area contributed by atoms with E-state index in [9.17, 15) is 5.11 Å². The number of aliphatic hydroxyl groups excluding tert-OH is 1. The van der Waals surface area contributed by atoms with Gasteiger partial charge in [0.25, 0.3) is 0 Å². The second kappa shape index (κ2) is 4.64. The summed E-state index contributed by atoms with van der Waals surface area (Å²) in [7, 11) is 0. The second-order valence-corrected chi connectivity index (χ2v) is 3.75. The van der Waals surface area contributed by atoms with Gasteiger partial charge in [0.05, 0.1) is 6.10 Å². The van der Waals surface area contributed by atoms with Crippen LogP contribution in [0.3, 0.4) is 0 Å². The molecule has 1 nitrogen and oxygen atoms in total. The Morgan fingerprint density at radius 3 is 2.69 bits per heavy atom. The lowest BCUT2D eigenvalue weighted by molar-refractivity contribution is 0.198. The van der Waals surface area contributed by atoms with Crippen LogP contribution in [0.2, 0.25) is 0 Å². The monoisotopic (exact) mass is 198 g/mol. The minimum absolute atomic E-state index is 0.299. The number of aryl methyl sites for hydroxylation is 2. The maximum absolute atomic E-state index is 9.39. The summed E-state index contributed by atoms with van der Waals surface area (Å²) in [6.45, 7) is 4.10. The lowest BCUT2D eigenvalue weighted by Crippen LogP contribution is -2.12. The third-order valence-corrected chi connectivity index (χ3v) is 2.49. The van der Waals surface area contributed by atoms with Crippen molar-refractivity contribution in [1.82, 2.24) is 0 Å². The summed E-state index contributed by atoms with van der Waals surface area (Å²) < 4.78 is 0. The second-order valence-electron chi connectivity index (χ2n) is 3.44. The molecular weight excluding hydrogens is 184 g/mol. The fraction of sp³-hybridized carbons (Fsp3) is 0.455. The van der Waals surface area contributed by atoms with Crippen molar-refractivity contribution in [3.8, 4) is 0 Å². The zero-order valence-corrected chi connectivity index (χ0v) is 8.80. The SMILES string of the molecule is Cc1ccc(C)c(CC(O)CCl)c1. The van der Waals surface area contributed by atoms with Gasteiger partial charge in [-0.25, -0.2) is 0 Å². The lowest BCUT2D eigenvalue weighted by atomic mass is 10.0. The molecule has 1 aromatic carbocycles. The van der Waals surface area contributed by atoms with Crippen LogP contribution >= 0.6 is 11.6 Å². The topological polar surface area (TPSA) is 20.2 Å². The van der Waals surface area contributed by atoms with E-state index in [1.807, 2.05) is 0 Å². The van der Waals surface area contributed by atoms with Crippen molar-refractivity contribution in [1.29, 1.82) is 0 Å². The van der Waals surface area contributed by atoms with Crippen LogP contribution in [0.1, 0.15) is 16.7 Å². The van der Waals surface area contributed by atoms with Gasteiger partial charge in [-0.2, -0.15) is 0 Å². The third-order valence-electron chi connectivity index (χ3n) is 2.14. The van der Waals surface area contributed by atoms with Gasteiger partial charge < -0.3 is 5.11 Å². The van der Waals surface area contributed by atoms with Crippen LogP contribution in [0.4, 0.5) is 0 Å². The van der Waals surface area contributed by atoms with Crippen LogP contribution in [0.25, 0.3) is 0 Å². The van der Waals surface area contributed by atoms with E-state index in [0.29, 0.717) is 12.3 Å². The Morgan fingerprint density at radius 2 is 2.08 bits per heavy atom. The molecular formula is C11H15ClO. The van der Waals surface area contributed by atoms with E-state index in [1.54, 1.807) is 0 Å². The largest absolute Gasteiger partial charge is 0.392 e. The highest BCUT2D eigenvalue weighted by Gasteiger charge is 2.05. The number of aliphatic hydroxyl groups is 1. The Balaban J connectivity index is 2.81. The molecule has 13 heavy (non-hydrogen) atoms. The number of hydrogen-bond acceptors (Lipinski definition) is 1. The number of rotatable bonds is 3. The summed E-state index contributed by atoms with van der Waals surface area (Å²) >= 11 is 5.54. The van der Waals surface area contributed by atoms with Crippen LogP contribution < -0.4 is 0 Å². The molecule has 0 aliphatic heterocycles. The van der Waals surface area contributed by atoms with Crippen molar-refractivity contribution >= 4 is 11.6 Å². The van der Waals surface area contributed by atoms with E-state index in [1.165, 1.54) is 16.7 Å². The molecule has 0 aromatic heterocycles. The van der Waals surface area contributed by atoms with E-state index in [-0.39, 0.29) is 0 Å². The highest BCUT2D eigenvalue weighted by molar-refractivity contribution is 6.18. The van der Waals surface area contributed by atoms with Crippen LogP contribution in [-0.4, -0.2) is 17.1 Å². The van der Waals surface area contributed by atoms with Crippen molar-refractivity contribution < 1.29 is 5.11 Å². The number of alkyl halides is 1. The molecule has 0 aliphatic rings. The quantitative estimate of drug-likeness (QED) is 0.740. The van der Waals surface area contributed by atoms with Gasteiger partial charge in [0.1, 0.15) is 0 Å². The summed E-state index contributed by atoms with van der Waals surface area (Å²) in [5, 5.41) is 9.39. The van der Waals surface area contributed by atoms with Crippen molar-refractivity contribution in [3.05, 3.63) is 34.9 Å². The summed E-state index contributed by atoms with van der Waals surface area (Å²) in [5.74, 6) is 0.299. The van der Waals surface area contributed by atoms with Crippen LogP contribution in [0, 0.1) is 13.8 Å². The van der Waals surface area contributed by atoms with E-state index < -0.39 is 6.10 Å². The van der Waals surface area contributed by atoms with Gasteiger partial charge >= 0.3 is 0 Å². The first-order valence-corrected chi connectivity index (χ1v) is 4.97. The molecule has 0 spiro atoms. The predicted octanol–water partition coefficient (Wildman–Crippen LogP) is 2.45. The fourth-order valence-electron chi connectivity index (χ4n) is 1.33. The lowest BCUT2D eigenvalue weighted by Gasteiger charge is -2.10. The molecule has 0 saturated carbocycles. The van der Waals surface area contributed by atoms with Crippen LogP contribution in [-0.2, 0) is 6.42 Å². The van der Waals surface area contributed by atoms with Gasteiger partial charge in [-0.3, -0.25) is 0 Å². The van der Waals surface area contributed by atoms with Gasteiger partial charge in [0, 0.05) is 5.88 Å². The Kier molecular flexibility index (Phi) is 3.76. The van der Waals surface area contributed by atoms with Crippen molar-refractivity contribution in [2.45, 2.75) is 26.4 Å². The maximum Gasteiger partial charge on any atom is 0.0715 e. The minimum Gasteiger partial charge on any atom is -0.392 e. The first-order valence-electron chi connectivity index (χ1n) is 4.43. The first-order chi connectivity index (χ1) is 6.13. The fourth-order valence-corrected chi connectivity index (χ4v) is 1.44.